The Morgan fingerprint density at radius 3 is 2.18 bits per heavy atom. The molecule has 166 valence electrons. The molecule has 0 atom stereocenters. The van der Waals surface area contributed by atoms with Crippen LogP contribution < -0.4 is 20.1 Å². The molecule has 0 aliphatic carbocycles. The summed E-state index contributed by atoms with van der Waals surface area (Å²) in [6.07, 6.45) is 0. The second kappa shape index (κ2) is 9.87. The quantitative estimate of drug-likeness (QED) is 0.402. The highest BCUT2D eigenvalue weighted by atomic mass is 16.5. The van der Waals surface area contributed by atoms with Crippen molar-refractivity contribution in [3.8, 4) is 11.5 Å². The van der Waals surface area contributed by atoms with E-state index >= 15 is 0 Å². The molecule has 0 fully saturated rings. The zero-order valence-corrected chi connectivity index (χ0v) is 18.4. The second-order valence-electron chi connectivity index (χ2n) is 7.53. The van der Waals surface area contributed by atoms with Crippen LogP contribution in [-0.4, -0.2) is 25.5 Å². The summed E-state index contributed by atoms with van der Waals surface area (Å²) in [4.78, 5) is 25.6. The van der Waals surface area contributed by atoms with E-state index in [0.29, 0.717) is 22.7 Å². The molecule has 0 aliphatic rings. The van der Waals surface area contributed by atoms with Gasteiger partial charge in [-0.25, -0.2) is 0 Å². The van der Waals surface area contributed by atoms with Gasteiger partial charge < -0.3 is 20.1 Å². The molecule has 33 heavy (non-hydrogen) atoms. The Morgan fingerprint density at radius 2 is 1.48 bits per heavy atom. The van der Waals surface area contributed by atoms with Gasteiger partial charge in [0.1, 0.15) is 11.5 Å². The van der Waals surface area contributed by atoms with E-state index in [-0.39, 0.29) is 18.4 Å². The van der Waals surface area contributed by atoms with E-state index in [9.17, 15) is 9.59 Å². The summed E-state index contributed by atoms with van der Waals surface area (Å²) in [5, 5.41) is 7.53. The molecule has 0 spiro atoms. The standard InChI is InChI=1S/C27H24N2O4/c1-18-7-3-6-10-24(18)29-27(31)23-15-19-8-4-5-9-20(19)16-25(23)33-17-26(30)28-21-11-13-22(32-2)14-12-21/h3-16H,17H2,1-2H3,(H,28,30)(H,29,31). The maximum atomic E-state index is 13.1. The van der Waals surface area contributed by atoms with Gasteiger partial charge in [0.2, 0.25) is 0 Å². The summed E-state index contributed by atoms with van der Waals surface area (Å²) in [5.41, 5.74) is 2.65. The average molecular weight is 440 g/mol. The van der Waals surface area contributed by atoms with Crippen LogP contribution >= 0.6 is 0 Å². The molecule has 6 heteroatoms. The lowest BCUT2D eigenvalue weighted by atomic mass is 10.0. The highest BCUT2D eigenvalue weighted by Gasteiger charge is 2.16. The third kappa shape index (κ3) is 5.30. The van der Waals surface area contributed by atoms with Crippen LogP contribution in [0.15, 0.2) is 84.9 Å². The maximum Gasteiger partial charge on any atom is 0.262 e. The van der Waals surface area contributed by atoms with Crippen molar-refractivity contribution in [2.45, 2.75) is 6.92 Å². The van der Waals surface area contributed by atoms with Crippen molar-refractivity contribution in [2.24, 2.45) is 0 Å². The second-order valence-corrected chi connectivity index (χ2v) is 7.53. The number of methoxy groups -OCH3 is 1. The number of amides is 2. The summed E-state index contributed by atoms with van der Waals surface area (Å²) in [5.74, 6) is 0.397. The van der Waals surface area contributed by atoms with Gasteiger partial charge in [-0.2, -0.15) is 0 Å². The molecule has 4 aromatic rings. The Hall–Kier alpha value is -4.32. The first-order valence-corrected chi connectivity index (χ1v) is 10.5. The van der Waals surface area contributed by atoms with Crippen molar-refractivity contribution in [3.05, 3.63) is 96.1 Å². The number of fused-ring (bicyclic) bond motifs is 1. The molecule has 0 radical (unpaired) electrons. The van der Waals surface area contributed by atoms with Crippen LogP contribution in [0.25, 0.3) is 10.8 Å². The normalized spacial score (nSPS) is 10.5. The van der Waals surface area contributed by atoms with E-state index in [4.69, 9.17) is 9.47 Å². The van der Waals surface area contributed by atoms with Crippen molar-refractivity contribution < 1.29 is 19.1 Å². The monoisotopic (exact) mass is 440 g/mol. The van der Waals surface area contributed by atoms with E-state index < -0.39 is 0 Å². The van der Waals surface area contributed by atoms with Gasteiger partial charge in [-0.05, 0) is 65.7 Å². The molecular formula is C27H24N2O4. The van der Waals surface area contributed by atoms with Crippen LogP contribution in [-0.2, 0) is 4.79 Å². The summed E-state index contributed by atoms with van der Waals surface area (Å²) in [6, 6.07) is 25.8. The molecule has 0 bridgehead atoms. The van der Waals surface area contributed by atoms with Gasteiger partial charge in [0, 0.05) is 11.4 Å². The van der Waals surface area contributed by atoms with Crippen molar-refractivity contribution in [1.82, 2.24) is 0 Å². The van der Waals surface area contributed by atoms with E-state index in [1.807, 2.05) is 55.5 Å². The minimum absolute atomic E-state index is 0.241. The predicted octanol–water partition coefficient (Wildman–Crippen LogP) is 5.43. The van der Waals surface area contributed by atoms with E-state index in [1.165, 1.54) is 0 Å². The molecular weight excluding hydrogens is 416 g/mol. The van der Waals surface area contributed by atoms with E-state index in [1.54, 1.807) is 43.5 Å². The van der Waals surface area contributed by atoms with E-state index in [0.717, 1.165) is 22.0 Å². The number of ether oxygens (including phenoxy) is 2. The Kier molecular flexibility index (Phi) is 6.55. The fourth-order valence-electron chi connectivity index (χ4n) is 3.43. The molecule has 0 saturated carbocycles. The van der Waals surface area contributed by atoms with Gasteiger partial charge in [0.05, 0.1) is 12.7 Å². The van der Waals surface area contributed by atoms with Gasteiger partial charge in [-0.1, -0.05) is 42.5 Å². The molecule has 0 unspecified atom stereocenters. The minimum Gasteiger partial charge on any atom is -0.497 e. The SMILES string of the molecule is COc1ccc(NC(=O)COc2cc3ccccc3cc2C(=O)Nc2ccccc2C)cc1. The lowest BCUT2D eigenvalue weighted by Crippen LogP contribution is -2.21. The van der Waals surface area contributed by atoms with Crippen LogP contribution in [0.3, 0.4) is 0 Å². The topological polar surface area (TPSA) is 76.7 Å². The smallest absolute Gasteiger partial charge is 0.262 e. The average Bonchev–Trinajstić information content (AvgIpc) is 2.84. The molecule has 0 aliphatic heterocycles. The fourth-order valence-corrected chi connectivity index (χ4v) is 3.43. The van der Waals surface area contributed by atoms with Crippen LogP contribution in [0.5, 0.6) is 11.5 Å². The number of anilines is 2. The molecule has 0 aromatic heterocycles. The number of carbonyl (C=O) groups excluding carboxylic acids is 2. The van der Waals surface area contributed by atoms with Crippen LogP contribution in [0.4, 0.5) is 11.4 Å². The van der Waals surface area contributed by atoms with Crippen LogP contribution in [0.1, 0.15) is 15.9 Å². The zero-order chi connectivity index (χ0) is 23.2. The summed E-state index contributed by atoms with van der Waals surface area (Å²) < 4.78 is 10.9. The van der Waals surface area contributed by atoms with Crippen LogP contribution in [0.2, 0.25) is 0 Å². The molecule has 4 aromatic carbocycles. The Balaban J connectivity index is 1.54. The van der Waals surface area contributed by atoms with Crippen molar-refractivity contribution in [1.29, 1.82) is 0 Å². The number of benzene rings is 4. The zero-order valence-electron chi connectivity index (χ0n) is 18.4. The molecule has 0 heterocycles. The van der Waals surface area contributed by atoms with Crippen molar-refractivity contribution >= 4 is 34.0 Å². The summed E-state index contributed by atoms with van der Waals surface area (Å²) >= 11 is 0. The molecule has 2 N–H and O–H groups in total. The lowest BCUT2D eigenvalue weighted by Gasteiger charge is -2.14. The number of para-hydroxylation sites is 1. The Labute approximate surface area is 192 Å². The lowest BCUT2D eigenvalue weighted by molar-refractivity contribution is -0.118. The number of hydrogen-bond donors (Lipinski definition) is 2. The van der Waals surface area contributed by atoms with Crippen molar-refractivity contribution in [3.63, 3.8) is 0 Å². The van der Waals surface area contributed by atoms with Crippen LogP contribution in [0, 0.1) is 6.92 Å². The first-order valence-electron chi connectivity index (χ1n) is 10.5. The Bertz CT molecular complexity index is 1300. The van der Waals surface area contributed by atoms with Gasteiger partial charge in [-0.15, -0.1) is 0 Å². The van der Waals surface area contributed by atoms with Gasteiger partial charge in [-0.3, -0.25) is 9.59 Å². The third-order valence-corrected chi connectivity index (χ3v) is 5.22. The highest BCUT2D eigenvalue weighted by Crippen LogP contribution is 2.28. The third-order valence-electron chi connectivity index (χ3n) is 5.22. The molecule has 6 nitrogen and oxygen atoms in total. The van der Waals surface area contributed by atoms with Gasteiger partial charge in [0.25, 0.3) is 11.8 Å². The summed E-state index contributed by atoms with van der Waals surface area (Å²) in [6.45, 7) is 1.69. The van der Waals surface area contributed by atoms with Gasteiger partial charge >= 0.3 is 0 Å². The highest BCUT2D eigenvalue weighted by molar-refractivity contribution is 6.09. The predicted molar refractivity (Wildman–Crippen MR) is 130 cm³/mol. The molecule has 4 rings (SSSR count). The number of hydrogen-bond acceptors (Lipinski definition) is 4. The molecule has 0 saturated heterocycles. The number of nitrogens with one attached hydrogen (secondary N) is 2. The Morgan fingerprint density at radius 1 is 0.818 bits per heavy atom. The van der Waals surface area contributed by atoms with Crippen molar-refractivity contribution in [2.75, 3.05) is 24.4 Å². The van der Waals surface area contributed by atoms with E-state index in [2.05, 4.69) is 10.6 Å². The maximum absolute atomic E-state index is 13.1. The first kappa shape index (κ1) is 21.9. The van der Waals surface area contributed by atoms with Gasteiger partial charge in [0.15, 0.2) is 6.61 Å². The first-order chi connectivity index (χ1) is 16.0. The number of rotatable bonds is 7. The number of carbonyl (C=O) groups is 2. The number of aryl methyl sites for hydroxylation is 1. The minimum atomic E-state index is -0.335. The summed E-state index contributed by atoms with van der Waals surface area (Å²) in [7, 11) is 1.58. The largest absolute Gasteiger partial charge is 0.497 e. The fraction of sp³-hybridized carbons (Fsp3) is 0.111. The molecule has 2 amide bonds.